The molecule has 8 heteroatoms. The average molecular weight is 416 g/mol. The van der Waals surface area contributed by atoms with Gasteiger partial charge in [0.1, 0.15) is 5.69 Å². The number of aromatic nitrogens is 1. The number of piperidine rings is 3. The van der Waals surface area contributed by atoms with Gasteiger partial charge in [0.2, 0.25) is 0 Å². The fourth-order valence-electron chi connectivity index (χ4n) is 4.06. The summed E-state index contributed by atoms with van der Waals surface area (Å²) in [6.45, 7) is 3.10. The monoisotopic (exact) mass is 415 g/mol. The maximum atomic E-state index is 12.8. The summed E-state index contributed by atoms with van der Waals surface area (Å²) < 4.78 is 5.54. The molecule has 28 heavy (non-hydrogen) atoms. The highest BCUT2D eigenvalue weighted by Gasteiger charge is 2.35. The summed E-state index contributed by atoms with van der Waals surface area (Å²) in [4.78, 5) is 24.9. The largest absolute Gasteiger partial charge is 0.483 e. The Morgan fingerprint density at radius 2 is 2.07 bits per heavy atom. The predicted octanol–water partition coefficient (Wildman–Crippen LogP) is 3.55. The molecule has 3 aromatic rings. The summed E-state index contributed by atoms with van der Waals surface area (Å²) in [5.41, 5.74) is 1.77. The number of hydrogen-bond donors (Lipinski definition) is 2. The molecule has 6 nitrogen and oxygen atoms in total. The third-order valence-corrected chi connectivity index (χ3v) is 7.19. The molecule has 6 rings (SSSR count). The van der Waals surface area contributed by atoms with Crippen LogP contribution in [-0.4, -0.2) is 52.4 Å². The molecule has 0 spiro atoms. The molecular formula is C20H21N3O3S2. The number of carbonyl (C=O) groups excluding carboxylic acids is 1. The lowest BCUT2D eigenvalue weighted by atomic mass is 9.84. The van der Waals surface area contributed by atoms with Crippen LogP contribution >= 0.6 is 22.9 Å². The van der Waals surface area contributed by atoms with Crippen molar-refractivity contribution in [3.63, 3.8) is 0 Å². The molecule has 146 valence electrons. The Bertz CT molecular complexity index is 962. The van der Waals surface area contributed by atoms with Gasteiger partial charge in [0.05, 0.1) is 4.70 Å². The number of hydrogen-bond acceptors (Lipinski definition) is 6. The number of fused-ring (bicyclic) bond motifs is 4. The summed E-state index contributed by atoms with van der Waals surface area (Å²) in [6, 6.07) is 10.7. The van der Waals surface area contributed by atoms with Gasteiger partial charge in [-0.25, -0.2) is 0 Å². The minimum absolute atomic E-state index is 0.0196. The van der Waals surface area contributed by atoms with Crippen molar-refractivity contribution in [3.05, 3.63) is 41.4 Å². The van der Waals surface area contributed by atoms with Gasteiger partial charge in [-0.05, 0) is 66.5 Å². The van der Waals surface area contributed by atoms with E-state index in [-0.39, 0.29) is 18.4 Å². The highest BCUT2D eigenvalue weighted by atomic mass is 32.1. The van der Waals surface area contributed by atoms with Gasteiger partial charge in [-0.1, -0.05) is 18.2 Å². The molecule has 1 amide bonds. The van der Waals surface area contributed by atoms with Crippen LogP contribution in [0.1, 0.15) is 23.3 Å². The van der Waals surface area contributed by atoms with E-state index in [4.69, 9.17) is 9.90 Å². The van der Waals surface area contributed by atoms with Gasteiger partial charge in [-0.2, -0.15) is 4.37 Å². The molecule has 0 saturated carbocycles. The van der Waals surface area contributed by atoms with Crippen LogP contribution in [0.3, 0.4) is 0 Å². The predicted molar refractivity (Wildman–Crippen MR) is 112 cm³/mol. The molecule has 3 saturated heterocycles. The molecule has 0 unspecified atom stereocenters. The Balaban J connectivity index is 0.000000604. The third kappa shape index (κ3) is 3.80. The first-order valence-electron chi connectivity index (χ1n) is 9.24. The van der Waals surface area contributed by atoms with Gasteiger partial charge in [0.15, 0.2) is 0 Å². The number of rotatable bonds is 3. The summed E-state index contributed by atoms with van der Waals surface area (Å²) in [6.07, 6.45) is 2.40. The topological polar surface area (TPSA) is 82.5 Å². The van der Waals surface area contributed by atoms with E-state index in [1.807, 2.05) is 6.07 Å². The second-order valence-electron chi connectivity index (χ2n) is 7.04. The first-order chi connectivity index (χ1) is 13.7. The summed E-state index contributed by atoms with van der Waals surface area (Å²) >= 11 is 3.14. The van der Waals surface area contributed by atoms with E-state index in [9.17, 15) is 4.79 Å². The van der Waals surface area contributed by atoms with Gasteiger partial charge < -0.3 is 15.3 Å². The van der Waals surface area contributed by atoms with E-state index >= 15 is 0 Å². The molecule has 2 N–H and O–H groups in total. The van der Waals surface area contributed by atoms with Crippen LogP contribution in [0.5, 0.6) is 0 Å². The quantitative estimate of drug-likeness (QED) is 0.639. The van der Waals surface area contributed by atoms with E-state index < -0.39 is 0 Å². The number of benzene rings is 1. The molecule has 3 fully saturated rings. The Labute approximate surface area is 171 Å². The number of carbonyl (C=O) groups is 2. The Hall–Kier alpha value is -2.29. The van der Waals surface area contributed by atoms with Gasteiger partial charge in [-0.3, -0.25) is 9.59 Å². The molecule has 0 aliphatic carbocycles. The first kappa shape index (κ1) is 19.0. The number of nitrogens with zero attached hydrogens (tertiary/aromatic N) is 2. The highest BCUT2D eigenvalue weighted by molar-refractivity contribution is 7.14. The van der Waals surface area contributed by atoms with Gasteiger partial charge in [0.25, 0.3) is 12.4 Å². The van der Waals surface area contributed by atoms with Crippen molar-refractivity contribution in [1.29, 1.82) is 0 Å². The van der Waals surface area contributed by atoms with Gasteiger partial charge in [-0.15, -0.1) is 11.3 Å². The number of nitrogens with one attached hydrogen (secondary N) is 1. The standard InChI is InChI=1S/C19H19N3OS2.CH2O2/c23-19(20-15-11-22-7-5-12(15)6-8-22)18-14-4-3-13(10-17(14)25-21-18)16-2-1-9-24-16;2-1-3/h1-4,9-10,12,15H,5-8,11H2,(H,20,23);1H,(H,2,3)/t15-;/m1./s1. The lowest BCUT2D eigenvalue weighted by Gasteiger charge is -2.44. The number of thiophene rings is 1. The Morgan fingerprint density at radius 1 is 1.29 bits per heavy atom. The molecule has 2 bridgehead atoms. The SMILES string of the molecule is O=C(N[C@@H]1CN2CCC1CC2)c1nsc2cc(-c3cccs3)ccc12.O=CO. The van der Waals surface area contributed by atoms with E-state index in [2.05, 4.69) is 44.2 Å². The molecule has 1 aromatic carbocycles. The van der Waals surface area contributed by atoms with Crippen molar-refractivity contribution < 1.29 is 14.7 Å². The van der Waals surface area contributed by atoms with Crippen LogP contribution in [-0.2, 0) is 4.79 Å². The van der Waals surface area contributed by atoms with Crippen molar-refractivity contribution >= 4 is 45.3 Å². The van der Waals surface area contributed by atoms with E-state index in [1.165, 1.54) is 47.9 Å². The lowest BCUT2D eigenvalue weighted by molar-refractivity contribution is -0.122. The van der Waals surface area contributed by atoms with Crippen LogP contribution in [0.4, 0.5) is 0 Å². The molecular weight excluding hydrogens is 394 g/mol. The number of amides is 1. The van der Waals surface area contributed by atoms with Gasteiger partial charge >= 0.3 is 0 Å². The van der Waals surface area contributed by atoms with Gasteiger partial charge in [0, 0.05) is 22.8 Å². The zero-order valence-electron chi connectivity index (χ0n) is 15.2. The average Bonchev–Trinajstić information content (AvgIpc) is 3.39. The second kappa shape index (κ2) is 8.38. The molecule has 0 radical (unpaired) electrons. The van der Waals surface area contributed by atoms with Crippen LogP contribution in [0.2, 0.25) is 0 Å². The third-order valence-electron chi connectivity index (χ3n) is 5.47. The van der Waals surface area contributed by atoms with Crippen molar-refractivity contribution in [1.82, 2.24) is 14.6 Å². The molecule has 1 atom stereocenters. The molecule has 5 heterocycles. The zero-order chi connectivity index (χ0) is 19.5. The summed E-state index contributed by atoms with van der Waals surface area (Å²) in [5.74, 6) is 0.609. The minimum atomic E-state index is -0.250. The molecule has 3 aliphatic heterocycles. The Kier molecular flexibility index (Phi) is 5.70. The number of carboxylic acid groups (broad SMARTS) is 1. The van der Waals surface area contributed by atoms with Crippen molar-refractivity contribution in [2.75, 3.05) is 19.6 Å². The fraction of sp³-hybridized carbons (Fsp3) is 0.350. The smallest absolute Gasteiger partial charge is 0.290 e. The van der Waals surface area contributed by atoms with Crippen LogP contribution < -0.4 is 5.32 Å². The highest BCUT2D eigenvalue weighted by Crippen LogP contribution is 2.32. The maximum Gasteiger partial charge on any atom is 0.290 e. The van der Waals surface area contributed by atoms with E-state index in [0.29, 0.717) is 11.6 Å². The zero-order valence-corrected chi connectivity index (χ0v) is 16.8. The lowest BCUT2D eigenvalue weighted by Crippen LogP contribution is -2.57. The van der Waals surface area contributed by atoms with Crippen molar-refractivity contribution in [3.8, 4) is 10.4 Å². The molecule has 2 aromatic heterocycles. The summed E-state index contributed by atoms with van der Waals surface area (Å²) in [5, 5.41) is 13.2. The minimum Gasteiger partial charge on any atom is -0.483 e. The van der Waals surface area contributed by atoms with Crippen LogP contribution in [0, 0.1) is 5.92 Å². The molecule has 3 aliphatic rings. The second-order valence-corrected chi connectivity index (χ2v) is 8.80. The van der Waals surface area contributed by atoms with Crippen molar-refractivity contribution in [2.45, 2.75) is 18.9 Å². The maximum absolute atomic E-state index is 12.8. The first-order valence-corrected chi connectivity index (χ1v) is 10.9. The van der Waals surface area contributed by atoms with Crippen LogP contribution in [0.15, 0.2) is 35.7 Å². The normalized spacial score (nSPS) is 23.1. The van der Waals surface area contributed by atoms with Crippen LogP contribution in [0.25, 0.3) is 20.5 Å². The Morgan fingerprint density at radius 3 is 2.71 bits per heavy atom. The summed E-state index contributed by atoms with van der Waals surface area (Å²) in [7, 11) is 0. The fourth-order valence-corrected chi connectivity index (χ4v) is 5.60. The van der Waals surface area contributed by atoms with Crippen molar-refractivity contribution in [2.24, 2.45) is 5.92 Å². The van der Waals surface area contributed by atoms with E-state index in [0.717, 1.165) is 16.6 Å². The van der Waals surface area contributed by atoms with E-state index in [1.54, 1.807) is 11.3 Å².